The molecule has 0 N–H and O–H groups in total. The van der Waals surface area contributed by atoms with Gasteiger partial charge in [0.25, 0.3) is 8.32 Å². The number of benzene rings is 1. The molecule has 0 unspecified atom stereocenters. The van der Waals surface area contributed by atoms with Crippen LogP contribution in [0.3, 0.4) is 0 Å². The van der Waals surface area contributed by atoms with Crippen LogP contribution in [0, 0.1) is 0 Å². The first-order chi connectivity index (χ1) is 12.5. The van der Waals surface area contributed by atoms with Gasteiger partial charge in [-0.1, -0.05) is 57.2 Å². The van der Waals surface area contributed by atoms with Crippen LogP contribution in [0.5, 0.6) is 0 Å². The number of carbonyl (C=O) groups excluding carboxylic acids is 1. The van der Waals surface area contributed by atoms with Crippen molar-refractivity contribution in [3.8, 4) is 0 Å². The standard InChI is InChI=1S/C21H33NO3Si/c1-6-16-22(17-19-14-12-11-13-15-19)18-20(21(23)24-7-2)25-26(8-3,9-4)10-5/h6,11-15,18H,1,7-10,16-17H2,2-5H3/b20-18-. The number of carbonyl (C=O) groups is 1. The highest BCUT2D eigenvalue weighted by Crippen LogP contribution is 2.25. The highest BCUT2D eigenvalue weighted by molar-refractivity contribution is 6.74. The maximum Gasteiger partial charge on any atom is 0.373 e. The third kappa shape index (κ3) is 6.71. The maximum atomic E-state index is 12.5. The molecule has 0 heterocycles. The normalized spacial score (nSPS) is 11.8. The topological polar surface area (TPSA) is 38.8 Å². The van der Waals surface area contributed by atoms with E-state index < -0.39 is 8.32 Å². The second-order valence-electron chi connectivity index (χ2n) is 6.26. The molecule has 1 aromatic carbocycles. The Hall–Kier alpha value is -2.01. The molecule has 0 bridgehead atoms. The van der Waals surface area contributed by atoms with E-state index in [4.69, 9.17) is 9.16 Å². The number of rotatable bonds is 12. The molecule has 0 amide bonds. The average molecular weight is 376 g/mol. The second kappa shape index (κ2) is 11.6. The summed E-state index contributed by atoms with van der Waals surface area (Å²) in [6.45, 7) is 13.7. The minimum atomic E-state index is -1.98. The first kappa shape index (κ1) is 22.0. The molecule has 0 atom stereocenters. The van der Waals surface area contributed by atoms with Crippen molar-refractivity contribution in [2.45, 2.75) is 52.4 Å². The number of esters is 1. The molecular formula is C21H33NO3Si. The Labute approximate surface area is 159 Å². The van der Waals surface area contributed by atoms with Crippen LogP contribution in [0.1, 0.15) is 33.3 Å². The molecule has 26 heavy (non-hydrogen) atoms. The van der Waals surface area contributed by atoms with Gasteiger partial charge in [0, 0.05) is 19.3 Å². The van der Waals surface area contributed by atoms with Crippen LogP contribution in [-0.4, -0.2) is 32.3 Å². The third-order valence-electron chi connectivity index (χ3n) is 4.63. The van der Waals surface area contributed by atoms with Crippen LogP contribution >= 0.6 is 0 Å². The van der Waals surface area contributed by atoms with Gasteiger partial charge in [-0.25, -0.2) is 4.79 Å². The first-order valence-corrected chi connectivity index (χ1v) is 12.0. The average Bonchev–Trinajstić information content (AvgIpc) is 2.66. The van der Waals surface area contributed by atoms with Crippen LogP contribution in [0.15, 0.2) is 54.9 Å². The minimum Gasteiger partial charge on any atom is -0.538 e. The zero-order chi connectivity index (χ0) is 19.4. The van der Waals surface area contributed by atoms with Crippen LogP contribution < -0.4 is 0 Å². The lowest BCUT2D eigenvalue weighted by Gasteiger charge is -2.30. The van der Waals surface area contributed by atoms with Gasteiger partial charge in [0.2, 0.25) is 5.76 Å². The highest BCUT2D eigenvalue weighted by atomic mass is 28.4. The summed E-state index contributed by atoms with van der Waals surface area (Å²) >= 11 is 0. The molecule has 5 heteroatoms. The van der Waals surface area contributed by atoms with E-state index in [2.05, 4.69) is 39.5 Å². The van der Waals surface area contributed by atoms with Crippen molar-refractivity contribution in [3.05, 3.63) is 60.5 Å². The van der Waals surface area contributed by atoms with Crippen molar-refractivity contribution < 1.29 is 14.0 Å². The lowest BCUT2D eigenvalue weighted by molar-refractivity contribution is -0.141. The molecule has 0 spiro atoms. The fourth-order valence-electron chi connectivity index (χ4n) is 2.84. The van der Waals surface area contributed by atoms with E-state index in [0.717, 1.165) is 18.1 Å². The zero-order valence-electron chi connectivity index (χ0n) is 16.7. The van der Waals surface area contributed by atoms with Crippen molar-refractivity contribution in [1.82, 2.24) is 4.90 Å². The molecule has 1 rings (SSSR count). The van der Waals surface area contributed by atoms with Gasteiger partial charge in [-0.05, 0) is 30.6 Å². The smallest absolute Gasteiger partial charge is 0.373 e. The monoisotopic (exact) mass is 375 g/mol. The van der Waals surface area contributed by atoms with Crippen molar-refractivity contribution >= 4 is 14.3 Å². The molecule has 144 valence electrons. The maximum absolute atomic E-state index is 12.5. The fraction of sp³-hybridized carbons (Fsp3) is 0.476. The van der Waals surface area contributed by atoms with Gasteiger partial charge in [0.1, 0.15) is 0 Å². The van der Waals surface area contributed by atoms with E-state index in [-0.39, 0.29) is 5.97 Å². The zero-order valence-corrected chi connectivity index (χ0v) is 17.7. The summed E-state index contributed by atoms with van der Waals surface area (Å²) < 4.78 is 11.6. The Morgan fingerprint density at radius 3 is 2.23 bits per heavy atom. The van der Waals surface area contributed by atoms with Crippen LogP contribution in [0.25, 0.3) is 0 Å². The summed E-state index contributed by atoms with van der Waals surface area (Å²) in [5, 5.41) is 0. The summed E-state index contributed by atoms with van der Waals surface area (Å²) in [4.78, 5) is 14.6. The Morgan fingerprint density at radius 2 is 1.73 bits per heavy atom. The SMILES string of the molecule is C=CCN(/C=C(\O[Si](CC)(CC)CC)C(=O)OCC)Cc1ccccc1. The first-order valence-electron chi connectivity index (χ1n) is 9.50. The minimum absolute atomic E-state index is 0.321. The summed E-state index contributed by atoms with van der Waals surface area (Å²) in [6.07, 6.45) is 3.63. The highest BCUT2D eigenvalue weighted by Gasteiger charge is 2.33. The molecule has 0 saturated heterocycles. The molecule has 0 aliphatic rings. The molecular weight excluding hydrogens is 342 g/mol. The molecule has 0 radical (unpaired) electrons. The van der Waals surface area contributed by atoms with Gasteiger partial charge in [0.15, 0.2) is 0 Å². The Bertz CT molecular complexity index is 574. The van der Waals surface area contributed by atoms with E-state index >= 15 is 0 Å². The van der Waals surface area contributed by atoms with E-state index in [1.807, 2.05) is 36.1 Å². The molecule has 0 fully saturated rings. The lowest BCUT2D eigenvalue weighted by Crippen LogP contribution is -2.37. The third-order valence-corrected chi connectivity index (χ3v) is 9.15. The number of hydrogen-bond donors (Lipinski definition) is 0. The number of nitrogens with zero attached hydrogens (tertiary/aromatic N) is 1. The Kier molecular flexibility index (Phi) is 9.81. The molecule has 1 aromatic rings. The largest absolute Gasteiger partial charge is 0.538 e. The summed E-state index contributed by atoms with van der Waals surface area (Å²) in [5.41, 5.74) is 1.17. The number of ether oxygens (including phenoxy) is 1. The van der Waals surface area contributed by atoms with Gasteiger partial charge >= 0.3 is 5.97 Å². The van der Waals surface area contributed by atoms with Crippen LogP contribution in [-0.2, 0) is 20.5 Å². The van der Waals surface area contributed by atoms with Crippen LogP contribution in [0.2, 0.25) is 18.1 Å². The lowest BCUT2D eigenvalue weighted by atomic mass is 10.2. The van der Waals surface area contributed by atoms with Crippen molar-refractivity contribution in [1.29, 1.82) is 0 Å². The molecule has 0 saturated carbocycles. The van der Waals surface area contributed by atoms with Crippen molar-refractivity contribution in [2.24, 2.45) is 0 Å². The van der Waals surface area contributed by atoms with E-state index in [1.54, 1.807) is 6.20 Å². The van der Waals surface area contributed by atoms with E-state index in [1.165, 1.54) is 5.56 Å². The summed E-state index contributed by atoms with van der Waals surface area (Å²) in [6, 6.07) is 13.1. The van der Waals surface area contributed by atoms with Gasteiger partial charge in [0.05, 0.1) is 6.61 Å². The van der Waals surface area contributed by atoms with Crippen molar-refractivity contribution in [2.75, 3.05) is 13.2 Å². The number of hydrogen-bond acceptors (Lipinski definition) is 4. The van der Waals surface area contributed by atoms with E-state index in [9.17, 15) is 4.79 Å². The van der Waals surface area contributed by atoms with Gasteiger partial charge in [-0.3, -0.25) is 0 Å². The van der Waals surface area contributed by atoms with Gasteiger partial charge in [-0.2, -0.15) is 0 Å². The fourth-order valence-corrected chi connectivity index (χ4v) is 5.37. The predicted molar refractivity (Wildman–Crippen MR) is 110 cm³/mol. The van der Waals surface area contributed by atoms with Crippen LogP contribution in [0.4, 0.5) is 0 Å². The van der Waals surface area contributed by atoms with Gasteiger partial charge in [-0.15, -0.1) is 6.58 Å². The quantitative estimate of drug-likeness (QED) is 0.167. The molecule has 4 nitrogen and oxygen atoms in total. The molecule has 0 aliphatic heterocycles. The molecule has 0 aromatic heterocycles. The molecule has 0 aliphatic carbocycles. The van der Waals surface area contributed by atoms with E-state index in [0.29, 0.717) is 25.5 Å². The van der Waals surface area contributed by atoms with Gasteiger partial charge < -0.3 is 14.1 Å². The Balaban J connectivity index is 3.14. The summed E-state index contributed by atoms with van der Waals surface area (Å²) in [5.74, 6) is -0.0660. The Morgan fingerprint density at radius 1 is 1.12 bits per heavy atom. The second-order valence-corrected chi connectivity index (χ2v) is 11.0. The van der Waals surface area contributed by atoms with Crippen molar-refractivity contribution in [3.63, 3.8) is 0 Å². The summed E-state index contributed by atoms with van der Waals surface area (Å²) in [7, 11) is -1.98. The predicted octanol–water partition coefficient (Wildman–Crippen LogP) is 5.10.